The quantitative estimate of drug-likeness (QED) is 0.778. The largest absolute Gasteiger partial charge is 0.342 e. The minimum atomic E-state index is -0.333. The summed E-state index contributed by atoms with van der Waals surface area (Å²) < 4.78 is 4.55. The van der Waals surface area contributed by atoms with Crippen molar-refractivity contribution in [2.75, 3.05) is 18.0 Å². The molecule has 0 bridgehead atoms. The summed E-state index contributed by atoms with van der Waals surface area (Å²) in [4.78, 5) is 31.1. The normalized spacial score (nSPS) is 14.8. The summed E-state index contributed by atoms with van der Waals surface area (Å²) in [6.07, 6.45) is 2.02. The Labute approximate surface area is 116 Å². The molecule has 0 fully saturated rings. The predicted molar refractivity (Wildman–Crippen MR) is 77.3 cm³/mol. The van der Waals surface area contributed by atoms with Gasteiger partial charge in [-0.3, -0.25) is 13.9 Å². The molecule has 2 aromatic rings. The fourth-order valence-electron chi connectivity index (χ4n) is 2.89. The number of hydrogen-bond acceptors (Lipinski definition) is 4. The van der Waals surface area contributed by atoms with Gasteiger partial charge < -0.3 is 9.47 Å². The van der Waals surface area contributed by atoms with E-state index in [2.05, 4.69) is 16.8 Å². The van der Waals surface area contributed by atoms with E-state index in [1.807, 2.05) is 4.57 Å². The number of aromatic nitrogens is 4. The first-order chi connectivity index (χ1) is 9.56. The van der Waals surface area contributed by atoms with Gasteiger partial charge in [0.15, 0.2) is 11.2 Å². The molecule has 0 amide bonds. The van der Waals surface area contributed by atoms with Gasteiger partial charge >= 0.3 is 5.69 Å². The Balaban J connectivity index is 2.37. The maximum absolute atomic E-state index is 12.4. The van der Waals surface area contributed by atoms with E-state index in [0.29, 0.717) is 11.2 Å². The first-order valence-electron chi connectivity index (χ1n) is 6.97. The van der Waals surface area contributed by atoms with Crippen LogP contribution in [-0.2, 0) is 20.6 Å². The van der Waals surface area contributed by atoms with Gasteiger partial charge in [-0.25, -0.2) is 4.79 Å². The SMILES string of the molecule is CCCN1CCCn2c1nc1c2c(=O)n(C)c(=O)n1C. The minimum absolute atomic E-state index is 0.264. The molecule has 1 aliphatic heterocycles. The maximum Gasteiger partial charge on any atom is 0.332 e. The average Bonchev–Trinajstić information content (AvgIpc) is 2.84. The van der Waals surface area contributed by atoms with Gasteiger partial charge in [0, 0.05) is 33.7 Å². The van der Waals surface area contributed by atoms with Gasteiger partial charge in [0.05, 0.1) is 0 Å². The fraction of sp³-hybridized carbons (Fsp3) is 0.615. The highest BCUT2D eigenvalue weighted by molar-refractivity contribution is 5.74. The van der Waals surface area contributed by atoms with Crippen LogP contribution in [0.5, 0.6) is 0 Å². The van der Waals surface area contributed by atoms with Crippen LogP contribution in [0.4, 0.5) is 5.95 Å². The van der Waals surface area contributed by atoms with Gasteiger partial charge in [-0.1, -0.05) is 6.92 Å². The molecular weight excluding hydrogens is 258 g/mol. The highest BCUT2D eigenvalue weighted by Crippen LogP contribution is 2.24. The zero-order chi connectivity index (χ0) is 14.4. The highest BCUT2D eigenvalue weighted by atomic mass is 16.2. The van der Waals surface area contributed by atoms with Crippen molar-refractivity contribution < 1.29 is 0 Å². The average molecular weight is 277 g/mol. The van der Waals surface area contributed by atoms with Crippen molar-refractivity contribution in [1.82, 2.24) is 18.7 Å². The van der Waals surface area contributed by atoms with E-state index in [1.165, 1.54) is 11.6 Å². The lowest BCUT2D eigenvalue weighted by Gasteiger charge is -2.28. The topological polar surface area (TPSA) is 65.1 Å². The van der Waals surface area contributed by atoms with Crippen LogP contribution < -0.4 is 16.1 Å². The zero-order valence-electron chi connectivity index (χ0n) is 12.1. The third-order valence-corrected chi connectivity index (χ3v) is 3.91. The zero-order valence-corrected chi connectivity index (χ0v) is 12.1. The summed E-state index contributed by atoms with van der Waals surface area (Å²) in [5, 5.41) is 0. The standard InChI is InChI=1S/C13H19N5O2/c1-4-6-17-7-5-8-18-9-10(14-12(17)18)15(2)13(20)16(3)11(9)19/h4-8H2,1-3H3. The molecule has 0 N–H and O–H groups in total. The first-order valence-corrected chi connectivity index (χ1v) is 6.97. The van der Waals surface area contributed by atoms with Crippen molar-refractivity contribution >= 4 is 17.1 Å². The van der Waals surface area contributed by atoms with E-state index in [9.17, 15) is 9.59 Å². The summed E-state index contributed by atoms with van der Waals surface area (Å²) in [6, 6.07) is 0. The number of imidazole rings is 1. The molecule has 108 valence electrons. The van der Waals surface area contributed by atoms with Crippen molar-refractivity contribution in [3.05, 3.63) is 20.8 Å². The molecule has 3 heterocycles. The monoisotopic (exact) mass is 277 g/mol. The molecule has 0 spiro atoms. The first kappa shape index (κ1) is 13.0. The van der Waals surface area contributed by atoms with Crippen molar-refractivity contribution in [2.45, 2.75) is 26.3 Å². The second-order valence-electron chi connectivity index (χ2n) is 5.28. The molecule has 0 saturated carbocycles. The van der Waals surface area contributed by atoms with Crippen molar-refractivity contribution in [2.24, 2.45) is 14.1 Å². The Kier molecular flexibility index (Phi) is 2.92. The summed E-state index contributed by atoms with van der Waals surface area (Å²) in [7, 11) is 3.17. The van der Waals surface area contributed by atoms with E-state index < -0.39 is 0 Å². The molecule has 1 aliphatic rings. The number of anilines is 1. The maximum atomic E-state index is 12.4. The molecule has 7 heteroatoms. The molecule has 0 radical (unpaired) electrons. The van der Waals surface area contributed by atoms with Gasteiger partial charge in [-0.05, 0) is 12.8 Å². The van der Waals surface area contributed by atoms with Gasteiger partial charge in [0.2, 0.25) is 5.95 Å². The van der Waals surface area contributed by atoms with Crippen LogP contribution in [0.15, 0.2) is 9.59 Å². The molecule has 0 saturated heterocycles. The molecule has 7 nitrogen and oxygen atoms in total. The van der Waals surface area contributed by atoms with Crippen LogP contribution in [0.3, 0.4) is 0 Å². The Hall–Kier alpha value is -2.05. The Bertz CT molecular complexity index is 783. The summed E-state index contributed by atoms with van der Waals surface area (Å²) in [5.41, 5.74) is 0.418. The second-order valence-corrected chi connectivity index (χ2v) is 5.28. The van der Waals surface area contributed by atoms with Crippen molar-refractivity contribution in [3.8, 4) is 0 Å². The van der Waals surface area contributed by atoms with E-state index in [1.54, 1.807) is 7.05 Å². The molecule has 0 aliphatic carbocycles. The molecule has 2 aromatic heterocycles. The third-order valence-electron chi connectivity index (χ3n) is 3.91. The lowest BCUT2D eigenvalue weighted by Crippen LogP contribution is -2.38. The molecule has 0 unspecified atom stereocenters. The van der Waals surface area contributed by atoms with Crippen LogP contribution in [0.1, 0.15) is 19.8 Å². The van der Waals surface area contributed by atoms with Crippen molar-refractivity contribution in [3.63, 3.8) is 0 Å². The smallest absolute Gasteiger partial charge is 0.332 e. The van der Waals surface area contributed by atoms with E-state index >= 15 is 0 Å². The number of fused-ring (bicyclic) bond motifs is 3. The molecule has 3 rings (SSSR count). The van der Waals surface area contributed by atoms with E-state index in [-0.39, 0.29) is 11.2 Å². The van der Waals surface area contributed by atoms with Gasteiger partial charge in [-0.2, -0.15) is 4.98 Å². The van der Waals surface area contributed by atoms with Crippen LogP contribution in [-0.4, -0.2) is 31.8 Å². The lowest BCUT2D eigenvalue weighted by atomic mass is 10.3. The lowest BCUT2D eigenvalue weighted by molar-refractivity contribution is 0.561. The summed E-state index contributed by atoms with van der Waals surface area (Å²) in [5.74, 6) is 0.811. The van der Waals surface area contributed by atoms with Crippen LogP contribution >= 0.6 is 0 Å². The Morgan fingerprint density at radius 2 is 1.90 bits per heavy atom. The Morgan fingerprint density at radius 3 is 2.60 bits per heavy atom. The number of rotatable bonds is 2. The number of hydrogen-bond donors (Lipinski definition) is 0. The number of nitrogens with zero attached hydrogens (tertiary/aromatic N) is 5. The molecular formula is C13H19N5O2. The third kappa shape index (κ3) is 1.62. The Morgan fingerprint density at radius 1 is 1.15 bits per heavy atom. The number of aryl methyl sites for hydroxylation is 2. The van der Waals surface area contributed by atoms with Crippen LogP contribution in [0, 0.1) is 0 Å². The van der Waals surface area contributed by atoms with Crippen LogP contribution in [0.25, 0.3) is 11.2 Å². The summed E-state index contributed by atoms with van der Waals surface area (Å²) in [6.45, 7) is 4.76. The van der Waals surface area contributed by atoms with E-state index in [4.69, 9.17) is 0 Å². The van der Waals surface area contributed by atoms with Gasteiger partial charge in [0.25, 0.3) is 5.56 Å². The highest BCUT2D eigenvalue weighted by Gasteiger charge is 2.24. The van der Waals surface area contributed by atoms with Crippen LogP contribution in [0.2, 0.25) is 0 Å². The summed E-state index contributed by atoms with van der Waals surface area (Å²) >= 11 is 0. The molecule has 20 heavy (non-hydrogen) atoms. The molecule has 0 atom stereocenters. The van der Waals surface area contributed by atoms with Gasteiger partial charge in [0.1, 0.15) is 0 Å². The van der Waals surface area contributed by atoms with Crippen molar-refractivity contribution in [1.29, 1.82) is 0 Å². The minimum Gasteiger partial charge on any atom is -0.342 e. The predicted octanol–water partition coefficient (Wildman–Crippen LogP) is 0.0538. The molecule has 0 aromatic carbocycles. The van der Waals surface area contributed by atoms with Gasteiger partial charge in [-0.15, -0.1) is 0 Å². The fourth-order valence-corrected chi connectivity index (χ4v) is 2.89. The van der Waals surface area contributed by atoms with E-state index in [0.717, 1.165) is 43.0 Å². The second kappa shape index (κ2) is 4.50.